The number of hydrogen-bond acceptors (Lipinski definition) is 2. The summed E-state index contributed by atoms with van der Waals surface area (Å²) in [6.45, 7) is -0.0609. The van der Waals surface area contributed by atoms with E-state index in [1.807, 2.05) is 16.7 Å². The highest BCUT2D eigenvalue weighted by Gasteiger charge is 2.40. The molecule has 2 aromatic heterocycles. The van der Waals surface area contributed by atoms with Crippen LogP contribution in [0.15, 0.2) is 24.8 Å². The molecule has 0 amide bonds. The van der Waals surface area contributed by atoms with Gasteiger partial charge in [0.25, 0.3) is 0 Å². The Bertz CT molecular complexity index is 508. The van der Waals surface area contributed by atoms with E-state index < -0.39 is 6.17 Å². The Kier molecular flexibility index (Phi) is 1.79. The van der Waals surface area contributed by atoms with Crippen LogP contribution in [0.2, 0.25) is 0 Å². The summed E-state index contributed by atoms with van der Waals surface area (Å²) in [5.41, 5.74) is 2.60. The summed E-state index contributed by atoms with van der Waals surface area (Å²) in [4.78, 5) is 4.01. The van der Waals surface area contributed by atoms with Crippen molar-refractivity contribution in [3.8, 4) is 0 Å². The molecule has 2 heterocycles. The minimum absolute atomic E-state index is 0.0213. The van der Waals surface area contributed by atoms with Crippen LogP contribution in [-0.4, -0.2) is 20.7 Å². The fourth-order valence-corrected chi connectivity index (χ4v) is 2.07. The molecular formula is C11H11FN2O. The minimum Gasteiger partial charge on any atom is -0.392 e. The van der Waals surface area contributed by atoms with Crippen LogP contribution >= 0.6 is 0 Å². The highest BCUT2D eigenvalue weighted by Crippen LogP contribution is 2.45. The van der Waals surface area contributed by atoms with Crippen molar-refractivity contribution in [2.45, 2.75) is 25.1 Å². The van der Waals surface area contributed by atoms with Gasteiger partial charge >= 0.3 is 0 Å². The lowest BCUT2D eigenvalue weighted by Crippen LogP contribution is -1.97. The largest absolute Gasteiger partial charge is 0.392 e. The number of halogens is 1. The zero-order valence-electron chi connectivity index (χ0n) is 8.10. The second-order valence-corrected chi connectivity index (χ2v) is 3.95. The van der Waals surface area contributed by atoms with Crippen molar-refractivity contribution >= 4 is 5.52 Å². The number of aromatic nitrogens is 2. The van der Waals surface area contributed by atoms with Gasteiger partial charge in [0.1, 0.15) is 6.17 Å². The van der Waals surface area contributed by atoms with E-state index in [4.69, 9.17) is 0 Å². The number of pyridine rings is 1. The Labute approximate surface area is 86.2 Å². The lowest BCUT2D eigenvalue weighted by Gasteiger charge is -2.07. The predicted molar refractivity (Wildman–Crippen MR) is 53.4 cm³/mol. The molecule has 78 valence electrons. The smallest absolute Gasteiger partial charge is 0.108 e. The van der Waals surface area contributed by atoms with E-state index in [9.17, 15) is 9.50 Å². The van der Waals surface area contributed by atoms with Crippen LogP contribution in [0.3, 0.4) is 0 Å². The molecule has 1 N–H and O–H groups in total. The van der Waals surface area contributed by atoms with Crippen molar-refractivity contribution in [1.82, 2.24) is 9.38 Å². The van der Waals surface area contributed by atoms with Crippen LogP contribution in [0, 0.1) is 0 Å². The molecule has 3 nitrogen and oxygen atoms in total. The van der Waals surface area contributed by atoms with Crippen LogP contribution < -0.4 is 0 Å². The molecule has 2 unspecified atom stereocenters. The Morgan fingerprint density at radius 2 is 2.40 bits per heavy atom. The molecule has 0 spiro atoms. The van der Waals surface area contributed by atoms with Crippen molar-refractivity contribution in [3.05, 3.63) is 35.9 Å². The Morgan fingerprint density at radius 3 is 3.07 bits per heavy atom. The lowest BCUT2D eigenvalue weighted by molar-refractivity contribution is 0.281. The molecule has 1 aliphatic carbocycles. The molecule has 1 aliphatic rings. The highest BCUT2D eigenvalue weighted by molar-refractivity contribution is 5.58. The van der Waals surface area contributed by atoms with E-state index in [1.165, 1.54) is 0 Å². The average molecular weight is 206 g/mol. The average Bonchev–Trinajstić information content (AvgIpc) is 2.80. The molecule has 0 radical (unpaired) electrons. The molecule has 1 saturated carbocycles. The number of aliphatic hydroxyl groups is 1. The molecule has 0 saturated heterocycles. The number of imidazole rings is 1. The van der Waals surface area contributed by atoms with Crippen LogP contribution in [0.5, 0.6) is 0 Å². The van der Waals surface area contributed by atoms with Crippen molar-refractivity contribution in [1.29, 1.82) is 0 Å². The number of fused-ring (bicyclic) bond motifs is 1. The third-order valence-electron chi connectivity index (χ3n) is 3.01. The maximum atomic E-state index is 13.0. The summed E-state index contributed by atoms with van der Waals surface area (Å²) in [6, 6.07) is 1.88. The molecular weight excluding hydrogens is 195 g/mol. The quantitative estimate of drug-likeness (QED) is 0.811. The second-order valence-electron chi connectivity index (χ2n) is 3.95. The maximum Gasteiger partial charge on any atom is 0.108 e. The first kappa shape index (κ1) is 8.85. The van der Waals surface area contributed by atoms with Gasteiger partial charge < -0.3 is 9.51 Å². The molecule has 2 aromatic rings. The summed E-state index contributed by atoms with van der Waals surface area (Å²) in [5, 5.41) is 9.33. The van der Waals surface area contributed by atoms with Crippen LogP contribution in [0.25, 0.3) is 5.52 Å². The van der Waals surface area contributed by atoms with E-state index >= 15 is 0 Å². The van der Waals surface area contributed by atoms with E-state index in [0.717, 1.165) is 16.6 Å². The summed E-state index contributed by atoms with van der Waals surface area (Å²) in [6.07, 6.45) is 5.09. The first-order valence-corrected chi connectivity index (χ1v) is 4.99. The van der Waals surface area contributed by atoms with Crippen molar-refractivity contribution in [3.63, 3.8) is 0 Å². The van der Waals surface area contributed by atoms with Crippen LogP contribution in [0.1, 0.15) is 23.5 Å². The maximum absolute atomic E-state index is 13.0. The Morgan fingerprint density at radius 1 is 1.60 bits per heavy atom. The van der Waals surface area contributed by atoms with Gasteiger partial charge in [0, 0.05) is 17.7 Å². The van der Waals surface area contributed by atoms with Gasteiger partial charge in [0.15, 0.2) is 0 Å². The standard InChI is InChI=1S/C11H11FN2O/c12-10-3-8(10)7-1-2-14-6-13-4-11(14)9(7)5-15/h1-2,4,6,8,10,15H,3,5H2. The SMILES string of the molecule is OCc1c(C2CC2F)ccn2cncc12. The van der Waals surface area contributed by atoms with Gasteiger partial charge in [-0.3, -0.25) is 0 Å². The van der Waals surface area contributed by atoms with E-state index in [-0.39, 0.29) is 12.5 Å². The van der Waals surface area contributed by atoms with E-state index in [2.05, 4.69) is 4.98 Å². The van der Waals surface area contributed by atoms with Crippen molar-refractivity contribution in [2.75, 3.05) is 0 Å². The van der Waals surface area contributed by atoms with Crippen molar-refractivity contribution in [2.24, 2.45) is 0 Å². The van der Waals surface area contributed by atoms with Crippen LogP contribution in [0.4, 0.5) is 4.39 Å². The molecule has 4 heteroatoms. The van der Waals surface area contributed by atoms with Crippen molar-refractivity contribution < 1.29 is 9.50 Å². The zero-order chi connectivity index (χ0) is 10.4. The molecule has 15 heavy (non-hydrogen) atoms. The second kappa shape index (κ2) is 3.03. The normalized spacial score (nSPS) is 24.7. The van der Waals surface area contributed by atoms with E-state index in [0.29, 0.717) is 6.42 Å². The van der Waals surface area contributed by atoms with Gasteiger partial charge in [0.2, 0.25) is 0 Å². The minimum atomic E-state index is -0.735. The zero-order valence-corrected chi connectivity index (χ0v) is 8.10. The number of hydrogen-bond donors (Lipinski definition) is 1. The molecule has 0 aromatic carbocycles. The van der Waals surface area contributed by atoms with Gasteiger partial charge in [-0.2, -0.15) is 0 Å². The summed E-state index contributed by atoms with van der Waals surface area (Å²) in [7, 11) is 0. The highest BCUT2D eigenvalue weighted by atomic mass is 19.1. The lowest BCUT2D eigenvalue weighted by atomic mass is 10.0. The molecule has 3 rings (SSSR count). The number of alkyl halides is 1. The van der Waals surface area contributed by atoms with Gasteiger partial charge in [-0.25, -0.2) is 9.37 Å². The molecule has 1 fully saturated rings. The summed E-state index contributed by atoms with van der Waals surface area (Å²) in [5.74, 6) is -0.0213. The van der Waals surface area contributed by atoms with E-state index in [1.54, 1.807) is 12.5 Å². The summed E-state index contributed by atoms with van der Waals surface area (Å²) < 4.78 is 14.8. The number of rotatable bonds is 2. The van der Waals surface area contributed by atoms with Gasteiger partial charge in [-0.1, -0.05) is 0 Å². The third kappa shape index (κ3) is 1.25. The van der Waals surface area contributed by atoms with Gasteiger partial charge in [-0.15, -0.1) is 0 Å². The molecule has 2 atom stereocenters. The topological polar surface area (TPSA) is 37.5 Å². The first-order chi connectivity index (χ1) is 7.31. The molecule has 0 aliphatic heterocycles. The Balaban J connectivity index is 2.20. The fraction of sp³-hybridized carbons (Fsp3) is 0.364. The Hall–Kier alpha value is -1.42. The first-order valence-electron chi connectivity index (χ1n) is 4.99. The van der Waals surface area contributed by atoms with Gasteiger partial charge in [0.05, 0.1) is 24.6 Å². The van der Waals surface area contributed by atoms with Crippen LogP contribution in [-0.2, 0) is 6.61 Å². The number of nitrogens with zero attached hydrogens (tertiary/aromatic N) is 2. The fourth-order valence-electron chi connectivity index (χ4n) is 2.07. The number of aliphatic hydroxyl groups excluding tert-OH is 1. The monoisotopic (exact) mass is 206 g/mol. The molecule has 0 bridgehead atoms. The summed E-state index contributed by atoms with van der Waals surface area (Å²) >= 11 is 0. The third-order valence-corrected chi connectivity index (χ3v) is 3.01. The van der Waals surface area contributed by atoms with Gasteiger partial charge in [-0.05, 0) is 18.1 Å². The predicted octanol–water partition coefficient (Wildman–Crippen LogP) is 1.65.